The molecule has 2 aromatic carbocycles. The van der Waals surface area contributed by atoms with Crippen LogP contribution in [0.5, 0.6) is 0 Å². The molecule has 1 saturated carbocycles. The molecule has 0 heterocycles. The molecule has 13 heteroatoms. The molecule has 1 aliphatic rings. The van der Waals surface area contributed by atoms with Gasteiger partial charge in [0, 0.05) is 21.8 Å². The molecule has 1 aliphatic carbocycles. The van der Waals surface area contributed by atoms with Crippen LogP contribution in [0.2, 0.25) is 0 Å². The van der Waals surface area contributed by atoms with Crippen molar-refractivity contribution < 1.29 is 44.8 Å². The monoisotopic (exact) mass is 552 g/mol. The SMILES string of the molecule is CC(C)(C#N)C(=O)NC1CC(S(=O)c2ccc(F)cc2)C1.OC(c1ccccc1)(C(F)(F)F)C(F)(F)F. The van der Waals surface area contributed by atoms with Crippen LogP contribution in [-0.4, -0.2) is 38.9 Å². The minimum Gasteiger partial charge on any atom is -0.369 e. The lowest BCUT2D eigenvalue weighted by Gasteiger charge is -2.36. The predicted molar refractivity (Wildman–Crippen MR) is 120 cm³/mol. The van der Waals surface area contributed by atoms with Crippen molar-refractivity contribution in [2.75, 3.05) is 0 Å². The number of carbonyl (C=O) groups is 1. The topological polar surface area (TPSA) is 90.2 Å². The van der Waals surface area contributed by atoms with Crippen molar-refractivity contribution in [3.63, 3.8) is 0 Å². The van der Waals surface area contributed by atoms with Crippen molar-refractivity contribution in [2.24, 2.45) is 5.41 Å². The standard InChI is InChI=1S/C15H17FN2O2S.C9H6F6O/c1-15(2,9-17)14(19)18-11-7-13(8-11)21(20)12-5-3-10(16)4-6-12;10-8(11,12)7(16,9(13,14)15)6-4-2-1-3-5-6/h3-6,11,13H,7-8H2,1-2H3,(H,18,19);1-5,16H. The second kappa shape index (κ2) is 11.2. The Balaban J connectivity index is 0.000000271. The van der Waals surface area contributed by atoms with E-state index in [1.807, 2.05) is 6.07 Å². The smallest absolute Gasteiger partial charge is 0.369 e. The Kier molecular flexibility index (Phi) is 9.14. The van der Waals surface area contributed by atoms with Crippen molar-refractivity contribution in [1.29, 1.82) is 5.26 Å². The minimum absolute atomic E-state index is 0.0361. The third-order valence-corrected chi connectivity index (χ3v) is 7.37. The number of hydrogen-bond acceptors (Lipinski definition) is 4. The summed E-state index contributed by atoms with van der Waals surface area (Å²) in [6, 6.07) is 11.9. The summed E-state index contributed by atoms with van der Waals surface area (Å²) in [7, 11) is -1.19. The molecule has 2 N–H and O–H groups in total. The quantitative estimate of drug-likeness (QED) is 0.504. The summed E-state index contributed by atoms with van der Waals surface area (Å²) in [5.74, 6) is -0.658. The molecule has 2 aromatic rings. The van der Waals surface area contributed by atoms with Gasteiger partial charge in [-0.25, -0.2) is 4.39 Å². The highest BCUT2D eigenvalue weighted by atomic mass is 32.2. The Bertz CT molecular complexity index is 1120. The molecule has 0 bridgehead atoms. The van der Waals surface area contributed by atoms with E-state index in [0.717, 1.165) is 12.1 Å². The van der Waals surface area contributed by atoms with Crippen LogP contribution in [0.15, 0.2) is 59.5 Å². The average Bonchev–Trinajstić information content (AvgIpc) is 2.80. The highest BCUT2D eigenvalue weighted by molar-refractivity contribution is 7.85. The predicted octanol–water partition coefficient (Wildman–Crippen LogP) is 5.13. The van der Waals surface area contributed by atoms with Crippen LogP contribution in [0.1, 0.15) is 32.3 Å². The average molecular weight is 553 g/mol. The van der Waals surface area contributed by atoms with Gasteiger partial charge in [-0.1, -0.05) is 30.3 Å². The molecule has 1 unspecified atom stereocenters. The van der Waals surface area contributed by atoms with E-state index in [0.29, 0.717) is 29.9 Å². The Morgan fingerprint density at radius 1 is 0.973 bits per heavy atom. The second-order valence-electron chi connectivity index (χ2n) is 8.82. The van der Waals surface area contributed by atoms with E-state index in [-0.39, 0.29) is 23.0 Å². The van der Waals surface area contributed by atoms with Gasteiger partial charge >= 0.3 is 12.4 Å². The van der Waals surface area contributed by atoms with Crippen LogP contribution < -0.4 is 5.32 Å². The molecule has 5 nitrogen and oxygen atoms in total. The summed E-state index contributed by atoms with van der Waals surface area (Å²) in [6.07, 6.45) is -10.4. The number of benzene rings is 2. The second-order valence-corrected chi connectivity index (χ2v) is 10.6. The minimum atomic E-state index is -5.83. The third-order valence-electron chi connectivity index (χ3n) is 5.64. The van der Waals surface area contributed by atoms with Gasteiger partial charge in [-0.15, -0.1) is 0 Å². The fourth-order valence-electron chi connectivity index (χ4n) is 3.20. The van der Waals surface area contributed by atoms with E-state index in [9.17, 15) is 39.7 Å². The summed E-state index contributed by atoms with van der Waals surface area (Å²) in [5, 5.41) is 20.6. The Morgan fingerprint density at radius 3 is 1.89 bits per heavy atom. The van der Waals surface area contributed by atoms with Gasteiger partial charge in [-0.3, -0.25) is 9.00 Å². The normalized spacial score (nSPS) is 18.9. The summed E-state index contributed by atoms with van der Waals surface area (Å²) < 4.78 is 99.0. The number of nitrogens with one attached hydrogen (secondary N) is 1. The Labute approximate surface area is 210 Å². The summed E-state index contributed by atoms with van der Waals surface area (Å²) in [4.78, 5) is 12.4. The molecule has 0 aromatic heterocycles. The first kappa shape index (κ1) is 30.2. The first-order chi connectivity index (χ1) is 16.9. The number of carbonyl (C=O) groups excluding carboxylic acids is 1. The van der Waals surface area contributed by atoms with Crippen LogP contribution >= 0.6 is 0 Å². The number of nitrogens with zero attached hydrogens (tertiary/aromatic N) is 1. The maximum absolute atomic E-state index is 12.8. The Morgan fingerprint density at radius 2 is 1.46 bits per heavy atom. The van der Waals surface area contributed by atoms with Gasteiger partial charge in [0.05, 0.1) is 16.9 Å². The van der Waals surface area contributed by atoms with Crippen molar-refractivity contribution in [2.45, 2.75) is 60.8 Å². The first-order valence-corrected chi connectivity index (χ1v) is 11.9. The number of hydrogen-bond donors (Lipinski definition) is 2. The van der Waals surface area contributed by atoms with E-state index < -0.39 is 39.7 Å². The lowest BCUT2D eigenvalue weighted by atomic mass is 9.89. The fraction of sp³-hybridized carbons (Fsp3) is 0.417. The number of alkyl halides is 6. The van der Waals surface area contributed by atoms with E-state index in [1.54, 1.807) is 13.8 Å². The van der Waals surface area contributed by atoms with Gasteiger partial charge < -0.3 is 10.4 Å². The highest BCUT2D eigenvalue weighted by Gasteiger charge is 2.71. The summed E-state index contributed by atoms with van der Waals surface area (Å²) in [6.45, 7) is 3.13. The molecule has 37 heavy (non-hydrogen) atoms. The van der Waals surface area contributed by atoms with E-state index in [2.05, 4.69) is 5.32 Å². The molecule has 3 rings (SSSR count). The summed E-state index contributed by atoms with van der Waals surface area (Å²) >= 11 is 0. The number of nitriles is 1. The molecule has 0 spiro atoms. The van der Waals surface area contributed by atoms with Crippen molar-refractivity contribution >= 4 is 16.7 Å². The number of amides is 1. The molecule has 1 atom stereocenters. The van der Waals surface area contributed by atoms with E-state index in [1.165, 1.54) is 30.3 Å². The largest absolute Gasteiger partial charge is 0.430 e. The molecule has 0 aliphatic heterocycles. The van der Waals surface area contributed by atoms with E-state index in [4.69, 9.17) is 10.4 Å². The lowest BCUT2D eigenvalue weighted by molar-refractivity contribution is -0.376. The first-order valence-electron chi connectivity index (χ1n) is 10.7. The van der Waals surface area contributed by atoms with E-state index >= 15 is 0 Å². The van der Waals surface area contributed by atoms with Crippen molar-refractivity contribution in [3.8, 4) is 6.07 Å². The maximum Gasteiger partial charge on any atom is 0.430 e. The van der Waals surface area contributed by atoms with Gasteiger partial charge in [0.2, 0.25) is 5.91 Å². The molecule has 202 valence electrons. The van der Waals surface area contributed by atoms with Crippen LogP contribution in [0.4, 0.5) is 30.7 Å². The van der Waals surface area contributed by atoms with Gasteiger partial charge in [0.15, 0.2) is 0 Å². The van der Waals surface area contributed by atoms with Gasteiger partial charge in [0.1, 0.15) is 11.2 Å². The number of rotatable bonds is 5. The van der Waals surface area contributed by atoms with Crippen molar-refractivity contribution in [1.82, 2.24) is 5.32 Å². The van der Waals surface area contributed by atoms with Crippen LogP contribution in [0.3, 0.4) is 0 Å². The zero-order valence-electron chi connectivity index (χ0n) is 19.5. The molecule has 0 saturated heterocycles. The number of halogens is 7. The highest BCUT2D eigenvalue weighted by Crippen LogP contribution is 2.49. The fourth-order valence-corrected chi connectivity index (χ4v) is 4.81. The molecular formula is C24H23F7N2O3S. The van der Waals surface area contributed by atoms with Gasteiger partial charge in [-0.2, -0.15) is 31.6 Å². The maximum atomic E-state index is 12.8. The molecule has 0 radical (unpaired) electrons. The molecule has 1 fully saturated rings. The van der Waals surface area contributed by atoms with Crippen molar-refractivity contribution in [3.05, 3.63) is 66.0 Å². The number of aliphatic hydroxyl groups is 1. The third kappa shape index (κ3) is 6.87. The van der Waals surface area contributed by atoms with Crippen LogP contribution in [-0.2, 0) is 21.2 Å². The van der Waals surface area contributed by atoms with Crippen LogP contribution in [0, 0.1) is 22.6 Å². The summed E-state index contributed by atoms with van der Waals surface area (Å²) in [5.41, 5.74) is -7.14. The zero-order chi connectivity index (χ0) is 28.2. The van der Waals surface area contributed by atoms with Crippen LogP contribution in [0.25, 0.3) is 0 Å². The molecular weight excluding hydrogens is 529 g/mol. The Hall–Kier alpha value is -2.98. The zero-order valence-corrected chi connectivity index (χ0v) is 20.3. The lowest BCUT2D eigenvalue weighted by Crippen LogP contribution is -2.53. The molecule has 1 amide bonds. The van der Waals surface area contributed by atoms with Gasteiger partial charge in [-0.05, 0) is 51.0 Å². The van der Waals surface area contributed by atoms with Gasteiger partial charge in [0.25, 0.3) is 5.60 Å².